The second kappa shape index (κ2) is 11.4. The van der Waals surface area contributed by atoms with E-state index < -0.39 is 0 Å². The Bertz CT molecular complexity index is 447. The zero-order valence-corrected chi connectivity index (χ0v) is 14.9. The summed E-state index contributed by atoms with van der Waals surface area (Å²) in [5.41, 5.74) is 7.93. The number of benzene rings is 1. The van der Waals surface area contributed by atoms with Gasteiger partial charge < -0.3 is 15.8 Å². The van der Waals surface area contributed by atoms with E-state index in [0.717, 1.165) is 24.9 Å². The maximum atomic E-state index is 10.9. The molecule has 0 saturated carbocycles. The number of carbonyl (C=O) groups excluding carboxylic acids is 1. The van der Waals surface area contributed by atoms with Crippen LogP contribution in [0.15, 0.2) is 29.3 Å². The van der Waals surface area contributed by atoms with Crippen LogP contribution >= 0.6 is 24.0 Å². The van der Waals surface area contributed by atoms with Gasteiger partial charge in [0.25, 0.3) is 0 Å². The van der Waals surface area contributed by atoms with Crippen molar-refractivity contribution in [1.29, 1.82) is 0 Å². The Hall–Kier alpha value is -1.31. The van der Waals surface area contributed by atoms with Crippen molar-refractivity contribution in [2.45, 2.75) is 32.6 Å². The average Bonchev–Trinajstić information content (AvgIpc) is 2.44. The zero-order chi connectivity index (χ0) is 14.8. The molecule has 1 rings (SSSR count). The minimum absolute atomic E-state index is 0. The number of unbranched alkanes of at least 4 members (excludes halogenated alkanes) is 2. The molecule has 0 fully saturated rings. The number of methoxy groups -OCH3 is 1. The SMILES string of the molecule is COC(=O)CCCCCN=C(N)Nc1ccc(C)cc1.I. The molecular weight excluding hydrogens is 381 g/mol. The van der Waals surface area contributed by atoms with Crippen LogP contribution in [0.2, 0.25) is 0 Å². The van der Waals surface area contributed by atoms with Crippen molar-refractivity contribution in [3.63, 3.8) is 0 Å². The molecule has 1 aromatic carbocycles. The molecule has 0 radical (unpaired) electrons. The van der Waals surface area contributed by atoms with Gasteiger partial charge in [-0.25, -0.2) is 0 Å². The van der Waals surface area contributed by atoms with Gasteiger partial charge in [-0.2, -0.15) is 0 Å². The molecule has 0 amide bonds. The van der Waals surface area contributed by atoms with Crippen molar-refractivity contribution >= 4 is 41.6 Å². The van der Waals surface area contributed by atoms with E-state index in [4.69, 9.17) is 5.73 Å². The number of hydrogen-bond acceptors (Lipinski definition) is 3. The summed E-state index contributed by atoms with van der Waals surface area (Å²) in [7, 11) is 1.41. The van der Waals surface area contributed by atoms with Crippen molar-refractivity contribution < 1.29 is 9.53 Å². The highest BCUT2D eigenvalue weighted by Crippen LogP contribution is 2.08. The minimum atomic E-state index is -0.158. The van der Waals surface area contributed by atoms with Crippen LogP contribution in [0.1, 0.15) is 31.2 Å². The summed E-state index contributed by atoms with van der Waals surface area (Å²) in [6.45, 7) is 2.70. The number of anilines is 1. The Morgan fingerprint density at radius 1 is 1.24 bits per heavy atom. The minimum Gasteiger partial charge on any atom is -0.469 e. The predicted molar refractivity (Wildman–Crippen MR) is 97.2 cm³/mol. The highest BCUT2D eigenvalue weighted by Gasteiger charge is 1.99. The van der Waals surface area contributed by atoms with E-state index >= 15 is 0 Å². The summed E-state index contributed by atoms with van der Waals surface area (Å²) in [4.78, 5) is 15.1. The maximum Gasteiger partial charge on any atom is 0.305 e. The smallest absolute Gasteiger partial charge is 0.305 e. The van der Waals surface area contributed by atoms with Crippen LogP contribution in [-0.2, 0) is 9.53 Å². The number of nitrogens with one attached hydrogen (secondary N) is 1. The van der Waals surface area contributed by atoms with E-state index in [2.05, 4.69) is 15.0 Å². The van der Waals surface area contributed by atoms with Gasteiger partial charge in [-0.15, -0.1) is 24.0 Å². The van der Waals surface area contributed by atoms with Gasteiger partial charge in [0.2, 0.25) is 0 Å². The first kappa shape index (κ1) is 19.7. The lowest BCUT2D eigenvalue weighted by Crippen LogP contribution is -2.22. The maximum absolute atomic E-state index is 10.9. The Morgan fingerprint density at radius 3 is 2.52 bits per heavy atom. The van der Waals surface area contributed by atoms with Crippen molar-refractivity contribution in [3.05, 3.63) is 29.8 Å². The largest absolute Gasteiger partial charge is 0.469 e. The second-order valence-corrected chi connectivity index (χ2v) is 4.64. The number of nitrogens with zero attached hydrogens (tertiary/aromatic N) is 1. The molecule has 0 unspecified atom stereocenters. The Labute approximate surface area is 143 Å². The summed E-state index contributed by atoms with van der Waals surface area (Å²) in [5.74, 6) is 0.260. The first-order valence-corrected chi connectivity index (χ1v) is 6.82. The number of rotatable bonds is 7. The third-order valence-electron chi connectivity index (χ3n) is 2.87. The van der Waals surface area contributed by atoms with Crippen LogP contribution in [0.25, 0.3) is 0 Å². The van der Waals surface area contributed by atoms with E-state index in [-0.39, 0.29) is 29.9 Å². The van der Waals surface area contributed by atoms with Crippen LogP contribution in [0.5, 0.6) is 0 Å². The molecule has 21 heavy (non-hydrogen) atoms. The summed E-state index contributed by atoms with van der Waals surface area (Å²) >= 11 is 0. The number of nitrogens with two attached hydrogens (primary N) is 1. The fourth-order valence-corrected chi connectivity index (χ4v) is 1.68. The quantitative estimate of drug-likeness (QED) is 0.240. The zero-order valence-electron chi connectivity index (χ0n) is 12.6. The van der Waals surface area contributed by atoms with Gasteiger partial charge >= 0.3 is 5.97 Å². The van der Waals surface area contributed by atoms with E-state index in [1.165, 1.54) is 12.7 Å². The predicted octanol–water partition coefficient (Wildman–Crippen LogP) is 3.07. The van der Waals surface area contributed by atoms with Gasteiger partial charge in [0.1, 0.15) is 0 Å². The molecular formula is C15H24IN3O2. The number of guanidine groups is 1. The molecule has 6 heteroatoms. The van der Waals surface area contributed by atoms with Crippen LogP contribution in [-0.4, -0.2) is 25.6 Å². The Morgan fingerprint density at radius 2 is 1.90 bits per heavy atom. The highest BCUT2D eigenvalue weighted by atomic mass is 127. The molecule has 1 aromatic rings. The van der Waals surface area contributed by atoms with Gasteiger partial charge in [-0.05, 0) is 31.9 Å². The molecule has 0 spiro atoms. The molecule has 5 nitrogen and oxygen atoms in total. The standard InChI is InChI=1S/C15H23N3O2.HI/c1-12-7-9-13(10-8-12)18-15(16)17-11-5-3-4-6-14(19)20-2;/h7-10H,3-6,11H2,1-2H3,(H3,16,17,18);1H. The number of aliphatic imine (C=N–C) groups is 1. The normalized spacial score (nSPS) is 10.7. The van der Waals surface area contributed by atoms with E-state index in [1.807, 2.05) is 31.2 Å². The monoisotopic (exact) mass is 405 g/mol. The van der Waals surface area contributed by atoms with Crippen molar-refractivity contribution in [2.24, 2.45) is 10.7 Å². The van der Waals surface area contributed by atoms with Crippen LogP contribution in [0.4, 0.5) is 5.69 Å². The number of halogens is 1. The number of ether oxygens (including phenoxy) is 1. The average molecular weight is 405 g/mol. The van der Waals surface area contributed by atoms with Crippen molar-refractivity contribution in [3.8, 4) is 0 Å². The number of carbonyl (C=O) groups is 1. The third-order valence-corrected chi connectivity index (χ3v) is 2.87. The Balaban J connectivity index is 0.00000400. The van der Waals surface area contributed by atoms with Gasteiger partial charge in [0.05, 0.1) is 7.11 Å². The van der Waals surface area contributed by atoms with E-state index in [0.29, 0.717) is 18.9 Å². The number of hydrogen-bond donors (Lipinski definition) is 2. The molecule has 0 aliphatic carbocycles. The fourth-order valence-electron chi connectivity index (χ4n) is 1.68. The lowest BCUT2D eigenvalue weighted by Gasteiger charge is -2.05. The van der Waals surface area contributed by atoms with Gasteiger partial charge in [-0.3, -0.25) is 9.79 Å². The molecule has 0 heterocycles. The van der Waals surface area contributed by atoms with Crippen LogP contribution in [0.3, 0.4) is 0 Å². The lowest BCUT2D eigenvalue weighted by atomic mass is 10.2. The fraction of sp³-hybridized carbons (Fsp3) is 0.467. The molecule has 0 aliphatic heterocycles. The molecule has 0 aliphatic rings. The molecule has 0 bridgehead atoms. The topological polar surface area (TPSA) is 76.7 Å². The number of aryl methyl sites for hydroxylation is 1. The first-order chi connectivity index (χ1) is 9.61. The van der Waals surface area contributed by atoms with Gasteiger partial charge in [0, 0.05) is 18.7 Å². The molecule has 118 valence electrons. The second-order valence-electron chi connectivity index (χ2n) is 4.64. The van der Waals surface area contributed by atoms with E-state index in [9.17, 15) is 4.79 Å². The molecule has 0 aromatic heterocycles. The third kappa shape index (κ3) is 9.28. The summed E-state index contributed by atoms with van der Waals surface area (Å²) in [6.07, 6.45) is 3.15. The summed E-state index contributed by atoms with van der Waals surface area (Å²) < 4.78 is 4.57. The van der Waals surface area contributed by atoms with Crippen molar-refractivity contribution in [1.82, 2.24) is 0 Å². The molecule has 3 N–H and O–H groups in total. The Kier molecular flexibility index (Phi) is 10.7. The highest BCUT2D eigenvalue weighted by molar-refractivity contribution is 14.0. The number of esters is 1. The van der Waals surface area contributed by atoms with Gasteiger partial charge in [0.15, 0.2) is 5.96 Å². The van der Waals surface area contributed by atoms with Gasteiger partial charge in [-0.1, -0.05) is 24.1 Å². The van der Waals surface area contributed by atoms with Crippen molar-refractivity contribution in [2.75, 3.05) is 19.0 Å². The summed E-state index contributed by atoms with van der Waals surface area (Å²) in [6, 6.07) is 7.97. The summed E-state index contributed by atoms with van der Waals surface area (Å²) in [5, 5.41) is 3.04. The molecule has 0 atom stereocenters. The van der Waals surface area contributed by atoms with Crippen LogP contribution < -0.4 is 11.1 Å². The first-order valence-electron chi connectivity index (χ1n) is 6.82. The van der Waals surface area contributed by atoms with E-state index in [1.54, 1.807) is 0 Å². The lowest BCUT2D eigenvalue weighted by molar-refractivity contribution is -0.140. The molecule has 0 saturated heterocycles. The van der Waals surface area contributed by atoms with Crippen LogP contribution in [0, 0.1) is 6.92 Å².